The summed E-state index contributed by atoms with van der Waals surface area (Å²) in [7, 11) is 0. The van der Waals surface area contributed by atoms with Gasteiger partial charge in [0, 0.05) is 32.8 Å². The number of fused-ring (bicyclic) bond motifs is 7. The van der Waals surface area contributed by atoms with Gasteiger partial charge in [-0.05, 0) is 34.6 Å². The third-order valence-electron chi connectivity index (χ3n) is 12.5. The zero-order valence-electron chi connectivity index (χ0n) is 48.5. The molecule has 0 aliphatic rings. The zero-order chi connectivity index (χ0) is 55.0. The van der Waals surface area contributed by atoms with Crippen LogP contribution < -0.4 is 9.30 Å². The van der Waals surface area contributed by atoms with Crippen molar-refractivity contribution in [3.63, 3.8) is 0 Å². The Labute approximate surface area is 437 Å². The molecule has 0 saturated heterocycles. The molecule has 0 spiro atoms. The van der Waals surface area contributed by atoms with Gasteiger partial charge in [-0.2, -0.15) is 0 Å². The van der Waals surface area contributed by atoms with Crippen molar-refractivity contribution in [1.82, 2.24) is 14.1 Å². The number of pyridine rings is 1. The van der Waals surface area contributed by atoms with Crippen LogP contribution in [0.1, 0.15) is 66.4 Å². The Morgan fingerprint density at radius 2 is 1.28 bits per heavy atom. The van der Waals surface area contributed by atoms with Crippen LogP contribution in [0.5, 0.6) is 11.5 Å². The largest absolute Gasteiger partial charge is 0 e. The zero-order valence-corrected chi connectivity index (χ0v) is 42.5. The van der Waals surface area contributed by atoms with Crippen LogP contribution in [0.2, 0.25) is 0 Å². The first-order chi connectivity index (χ1) is 37.1. The van der Waals surface area contributed by atoms with Crippen molar-refractivity contribution in [2.45, 2.75) is 52.4 Å². The first kappa shape index (κ1) is 34.5. The van der Waals surface area contributed by atoms with Crippen LogP contribution in [0.4, 0.5) is 0 Å². The molecular formula is C62H48N4OPtSe-2. The molecule has 12 rings (SSSR count). The van der Waals surface area contributed by atoms with Crippen LogP contribution in [0.15, 0.2) is 182 Å². The van der Waals surface area contributed by atoms with Crippen LogP contribution in [-0.4, -0.2) is 28.6 Å². The molecule has 7 heteroatoms. The molecule has 4 aromatic heterocycles. The van der Waals surface area contributed by atoms with Crippen molar-refractivity contribution in [1.29, 1.82) is 0 Å². The predicted octanol–water partition coefficient (Wildman–Crippen LogP) is 14.9. The molecule has 0 aliphatic carbocycles. The maximum atomic E-state index is 9.25. The van der Waals surface area contributed by atoms with Gasteiger partial charge < -0.3 is 0 Å². The number of hydrogen-bond acceptors (Lipinski definition) is 2. The predicted molar refractivity (Wildman–Crippen MR) is 280 cm³/mol. The van der Waals surface area contributed by atoms with Crippen molar-refractivity contribution in [2.24, 2.45) is 0 Å². The van der Waals surface area contributed by atoms with Crippen LogP contribution >= 0.6 is 0 Å². The summed E-state index contributed by atoms with van der Waals surface area (Å²) in [6.45, 7) is 12.9. The van der Waals surface area contributed by atoms with Gasteiger partial charge in [0.05, 0.1) is 0 Å². The minimum Gasteiger partial charge on any atom is 0 e. The summed E-state index contributed by atoms with van der Waals surface area (Å²) in [5.41, 5.74) is 5.27. The van der Waals surface area contributed by atoms with Gasteiger partial charge in [-0.15, -0.1) is 0 Å². The maximum Gasteiger partial charge on any atom is 0 e. The van der Waals surface area contributed by atoms with Gasteiger partial charge in [0.2, 0.25) is 0 Å². The van der Waals surface area contributed by atoms with Crippen LogP contribution in [0.3, 0.4) is 0 Å². The van der Waals surface area contributed by atoms with E-state index in [0.29, 0.717) is 28.2 Å². The monoisotopic (exact) mass is 1150 g/mol. The van der Waals surface area contributed by atoms with Crippen molar-refractivity contribution in [3.8, 4) is 50.9 Å². The Balaban J connectivity index is 0.00000660. The molecule has 0 amide bonds. The smallest absolute Gasteiger partial charge is 0 e. The fourth-order valence-corrected chi connectivity index (χ4v) is 11.4. The third-order valence-corrected chi connectivity index (χ3v) is 14.9. The Morgan fingerprint density at radius 1 is 0.594 bits per heavy atom. The SMILES string of the molecule is [2H]c1c([2H])c([2H])c(-c2cccc(-c3c([2H])c([2H])c([2H])c([2H])c3[2H])c2-[n+]2[c-]n(-c3[c-]c(Oc4[c-]c5c(cc4)c4ccccc4n5-c4cc(C(C)(C)C)ccn4)cc(C(C)(C)C)c3)c3cc4[se]c5ccccc5c4cc32)c([2H])c1[2H].[Pt]. The number of benzene rings is 8. The standard InChI is InChI=1S/C62H48N4OSe.Pt/c1-61(2,3)42-30-31-63-59(34-42)66-53-26-15-13-22-49(53)50-29-28-45(36-54(50)66)67-46-33-43(62(4,5)6)32-44(35-46)64-39-65(55-37-52-51-23-14-16-27-57(51)68-58(52)38-56(55)64)60-47(40-18-9-7-10-19-40)24-17-25-48(60)41-20-11-8-12-21-41;/h7-34,37-38H,1-6H3;/q-2;/i7D,8D,9D,10D,11D,12D,18D,19D,20D,21D;. The summed E-state index contributed by atoms with van der Waals surface area (Å²) in [5.74, 6) is 1.59. The van der Waals surface area contributed by atoms with Gasteiger partial charge in [0.15, 0.2) is 0 Å². The molecule has 8 aromatic carbocycles. The van der Waals surface area contributed by atoms with Gasteiger partial charge in [-0.1, -0.05) is 39.0 Å². The molecule has 0 aliphatic heterocycles. The molecular weight excluding hydrogens is 1090 g/mol. The average molecular weight is 1150 g/mol. The summed E-state index contributed by atoms with van der Waals surface area (Å²) in [6.07, 6.45) is 5.45. The summed E-state index contributed by atoms with van der Waals surface area (Å²) < 4.78 is 104. The fraction of sp³-hybridized carbons (Fsp3) is 0.129. The van der Waals surface area contributed by atoms with E-state index in [1.165, 1.54) is 4.26 Å². The molecule has 0 fully saturated rings. The number of rotatable bonds is 7. The number of ether oxygens (including phenoxy) is 1. The second kappa shape index (κ2) is 17.3. The molecule has 4 heterocycles. The van der Waals surface area contributed by atoms with E-state index in [1.54, 1.807) is 22.8 Å². The van der Waals surface area contributed by atoms with Gasteiger partial charge in [0.25, 0.3) is 0 Å². The summed E-state index contributed by atoms with van der Waals surface area (Å²) in [5, 5.41) is 4.06. The number of aromatic nitrogens is 4. The average Bonchev–Trinajstić information content (AvgIpc) is 4.23. The number of nitrogens with zero attached hydrogens (tertiary/aromatic N) is 4. The van der Waals surface area contributed by atoms with Crippen molar-refractivity contribution < 1.29 is 44.1 Å². The van der Waals surface area contributed by atoms with Crippen LogP contribution in [-0.2, 0) is 31.9 Å². The molecule has 0 bridgehead atoms. The van der Waals surface area contributed by atoms with E-state index in [2.05, 4.69) is 107 Å². The molecule has 340 valence electrons. The Bertz CT molecular complexity index is 4390. The number of hydrogen-bond donors (Lipinski definition) is 0. The van der Waals surface area contributed by atoms with Gasteiger partial charge >= 0.3 is 323 Å². The van der Waals surface area contributed by atoms with E-state index in [-0.39, 0.29) is 68.9 Å². The van der Waals surface area contributed by atoms with Gasteiger partial charge in [-0.25, -0.2) is 4.98 Å². The maximum absolute atomic E-state index is 9.25. The van der Waals surface area contributed by atoms with Crippen molar-refractivity contribution in [3.05, 3.63) is 211 Å². The molecule has 69 heavy (non-hydrogen) atoms. The summed E-state index contributed by atoms with van der Waals surface area (Å²) >= 11 is -0.0878. The van der Waals surface area contributed by atoms with Crippen LogP contribution in [0, 0.1) is 18.5 Å². The Morgan fingerprint density at radius 3 is 1.99 bits per heavy atom. The molecule has 0 unspecified atom stereocenters. The van der Waals surface area contributed by atoms with Crippen LogP contribution in [0.25, 0.3) is 91.6 Å². The van der Waals surface area contributed by atoms with E-state index in [9.17, 15) is 5.48 Å². The van der Waals surface area contributed by atoms with Gasteiger partial charge in [0.1, 0.15) is 5.82 Å². The first-order valence-electron chi connectivity index (χ1n) is 27.4. The topological polar surface area (TPSA) is 35.9 Å². The quantitative estimate of drug-likeness (QED) is 0.0906. The number of imidazole rings is 1. The van der Waals surface area contributed by atoms with Crippen molar-refractivity contribution in [2.75, 3.05) is 0 Å². The second-order valence-electron chi connectivity index (χ2n) is 19.0. The third kappa shape index (κ3) is 7.95. The molecule has 12 aromatic rings. The van der Waals surface area contributed by atoms with E-state index in [0.717, 1.165) is 53.8 Å². The Kier molecular flexibility index (Phi) is 8.64. The minimum atomic E-state index is -0.570. The normalized spacial score (nSPS) is 14.1. The molecule has 5 nitrogen and oxygen atoms in total. The number of para-hydroxylation sites is 2. The second-order valence-corrected chi connectivity index (χ2v) is 21.2. The Hall–Kier alpha value is -6.81. The van der Waals surface area contributed by atoms with E-state index in [1.807, 2.05) is 65.4 Å². The van der Waals surface area contributed by atoms with E-state index in [4.69, 9.17) is 17.9 Å². The molecule has 0 atom stereocenters. The van der Waals surface area contributed by atoms with E-state index >= 15 is 0 Å². The summed E-state index contributed by atoms with van der Waals surface area (Å²) in [6, 6.07) is 39.5. The summed E-state index contributed by atoms with van der Waals surface area (Å²) in [4.78, 5) is 4.86. The minimum absolute atomic E-state index is 0. The van der Waals surface area contributed by atoms with Gasteiger partial charge in [-0.3, -0.25) is 0 Å². The van der Waals surface area contributed by atoms with E-state index < -0.39 is 65.8 Å². The van der Waals surface area contributed by atoms with Crippen molar-refractivity contribution >= 4 is 66.6 Å². The molecule has 0 radical (unpaired) electrons. The fourth-order valence-electron chi connectivity index (χ4n) is 9.06. The molecule has 0 N–H and O–H groups in total. The first-order valence-corrected chi connectivity index (χ1v) is 24.1. The molecule has 0 saturated carbocycles.